The lowest BCUT2D eigenvalue weighted by Crippen LogP contribution is -2.59. The Hall–Kier alpha value is -2.16. The molecule has 2 heterocycles. The van der Waals surface area contributed by atoms with Crippen molar-refractivity contribution in [2.24, 2.45) is 0 Å². The highest BCUT2D eigenvalue weighted by Gasteiger charge is 2.46. The molecule has 0 aliphatic carbocycles. The summed E-state index contributed by atoms with van der Waals surface area (Å²) in [5, 5.41) is 1.94. The van der Waals surface area contributed by atoms with Gasteiger partial charge >= 0.3 is 6.09 Å². The van der Waals surface area contributed by atoms with Crippen LogP contribution >= 0.6 is 0 Å². The number of hydrogen-bond donors (Lipinski definition) is 1. The molecule has 1 aromatic carbocycles. The third-order valence-electron chi connectivity index (χ3n) is 4.91. The molecule has 154 valence electrons. The quantitative estimate of drug-likeness (QED) is 0.624. The molecule has 0 saturated carbocycles. The van der Waals surface area contributed by atoms with E-state index >= 15 is 0 Å². The molecular weight excluding hydrogens is 362 g/mol. The average molecular weight is 391 g/mol. The van der Waals surface area contributed by atoms with Gasteiger partial charge in [-0.05, 0) is 52.0 Å². The predicted octanol–water partition coefficient (Wildman–Crippen LogP) is 2.75. The third kappa shape index (κ3) is 4.81. The van der Waals surface area contributed by atoms with Gasteiger partial charge in [-0.1, -0.05) is 5.59 Å². The minimum absolute atomic E-state index is 0.0168. The van der Waals surface area contributed by atoms with Crippen LogP contribution in [0.15, 0.2) is 24.3 Å². The van der Waals surface area contributed by atoms with Crippen LogP contribution in [0.25, 0.3) is 0 Å². The first-order valence-corrected chi connectivity index (χ1v) is 9.62. The van der Waals surface area contributed by atoms with Gasteiger partial charge in [0.05, 0.1) is 6.61 Å². The molecule has 0 radical (unpaired) electrons. The first kappa shape index (κ1) is 20.6. The Bertz CT molecular complexity index is 706. The number of nitrogens with one attached hydrogen (secondary N) is 1. The molecule has 3 rings (SSSR count). The standard InChI is InChI=1S/C20H29N3O5/c1-15(24)16-5-7-17(8-6-16)28-21-23-13-14-26-20(23)9-11-22(12-10-20)18(25)27-19(2,3)4/h5-8,21H,9-14H2,1-4H3. The fourth-order valence-corrected chi connectivity index (χ4v) is 3.38. The van der Waals surface area contributed by atoms with Gasteiger partial charge in [0.1, 0.15) is 17.1 Å². The van der Waals surface area contributed by atoms with Crippen LogP contribution < -0.4 is 10.4 Å². The van der Waals surface area contributed by atoms with E-state index in [1.54, 1.807) is 29.2 Å². The maximum Gasteiger partial charge on any atom is 0.410 e. The smallest absolute Gasteiger partial charge is 0.410 e. The SMILES string of the molecule is CC(=O)c1ccc(ONN2CCOC23CCN(C(=O)OC(C)(C)C)CC3)cc1. The Labute approximate surface area is 165 Å². The summed E-state index contributed by atoms with van der Waals surface area (Å²) in [6, 6.07) is 6.96. The maximum absolute atomic E-state index is 12.3. The van der Waals surface area contributed by atoms with E-state index in [9.17, 15) is 9.59 Å². The summed E-state index contributed by atoms with van der Waals surface area (Å²) in [4.78, 5) is 31.0. The van der Waals surface area contributed by atoms with Gasteiger partial charge in [0.15, 0.2) is 5.78 Å². The van der Waals surface area contributed by atoms with Crippen molar-refractivity contribution in [1.29, 1.82) is 0 Å². The number of benzene rings is 1. The van der Waals surface area contributed by atoms with Gasteiger partial charge in [-0.25, -0.2) is 4.79 Å². The van der Waals surface area contributed by atoms with Crippen LogP contribution in [-0.2, 0) is 9.47 Å². The lowest BCUT2D eigenvalue weighted by molar-refractivity contribution is -0.171. The number of ether oxygens (including phenoxy) is 2. The highest BCUT2D eigenvalue weighted by atomic mass is 16.7. The number of carbonyl (C=O) groups excluding carboxylic acids is 2. The first-order chi connectivity index (χ1) is 13.2. The van der Waals surface area contributed by atoms with Gasteiger partial charge in [-0.3, -0.25) is 4.79 Å². The summed E-state index contributed by atoms with van der Waals surface area (Å²) in [7, 11) is 0. The fourth-order valence-electron chi connectivity index (χ4n) is 3.38. The van der Waals surface area contributed by atoms with Crippen molar-refractivity contribution in [2.45, 2.75) is 51.9 Å². The number of hydrazine groups is 1. The lowest BCUT2D eigenvalue weighted by Gasteiger charge is -2.43. The molecule has 1 aromatic rings. The van der Waals surface area contributed by atoms with Crippen LogP contribution in [0.4, 0.5) is 4.79 Å². The second kappa shape index (κ2) is 8.06. The molecule has 2 aliphatic heterocycles. The molecule has 2 fully saturated rings. The molecule has 2 aliphatic rings. The highest BCUT2D eigenvalue weighted by Crippen LogP contribution is 2.33. The summed E-state index contributed by atoms with van der Waals surface area (Å²) in [5.74, 6) is 0.626. The van der Waals surface area contributed by atoms with Crippen molar-refractivity contribution >= 4 is 11.9 Å². The van der Waals surface area contributed by atoms with Crippen LogP contribution in [-0.4, -0.2) is 59.4 Å². The Morgan fingerprint density at radius 1 is 1.11 bits per heavy atom. The Balaban J connectivity index is 1.54. The van der Waals surface area contributed by atoms with Crippen molar-refractivity contribution < 1.29 is 23.9 Å². The van der Waals surface area contributed by atoms with Gasteiger partial charge < -0.3 is 19.2 Å². The normalized spacial score (nSPS) is 19.6. The third-order valence-corrected chi connectivity index (χ3v) is 4.91. The summed E-state index contributed by atoms with van der Waals surface area (Å²) < 4.78 is 11.5. The van der Waals surface area contributed by atoms with Crippen molar-refractivity contribution in [1.82, 2.24) is 15.5 Å². The Morgan fingerprint density at radius 2 is 1.75 bits per heavy atom. The Kier molecular flexibility index (Phi) is 5.92. The van der Waals surface area contributed by atoms with Crippen LogP contribution in [0.5, 0.6) is 5.75 Å². The zero-order chi connectivity index (χ0) is 20.4. The fraction of sp³-hybridized carbons (Fsp3) is 0.600. The number of hydrogen-bond acceptors (Lipinski definition) is 7. The van der Waals surface area contributed by atoms with Crippen molar-refractivity contribution in [2.75, 3.05) is 26.2 Å². The highest BCUT2D eigenvalue weighted by molar-refractivity contribution is 5.94. The molecule has 8 nitrogen and oxygen atoms in total. The lowest BCUT2D eigenvalue weighted by atomic mass is 10.0. The number of amides is 1. The number of ketones is 1. The van der Waals surface area contributed by atoms with Crippen molar-refractivity contribution in [3.63, 3.8) is 0 Å². The minimum atomic E-state index is -0.505. The van der Waals surface area contributed by atoms with E-state index in [-0.39, 0.29) is 11.9 Å². The molecule has 8 heteroatoms. The van der Waals surface area contributed by atoms with Gasteiger partial charge in [0, 0.05) is 38.0 Å². The van der Waals surface area contributed by atoms with E-state index in [4.69, 9.17) is 14.3 Å². The molecule has 0 bridgehead atoms. The molecule has 0 aromatic heterocycles. The number of rotatable bonds is 4. The van der Waals surface area contributed by atoms with Crippen LogP contribution in [0, 0.1) is 0 Å². The predicted molar refractivity (Wildman–Crippen MR) is 103 cm³/mol. The molecule has 0 atom stereocenters. The zero-order valence-electron chi connectivity index (χ0n) is 17.0. The molecule has 1 N–H and O–H groups in total. The molecule has 1 spiro atoms. The van der Waals surface area contributed by atoms with Gasteiger partial charge in [-0.15, -0.1) is 0 Å². The van der Waals surface area contributed by atoms with E-state index in [0.29, 0.717) is 50.4 Å². The zero-order valence-corrected chi connectivity index (χ0v) is 17.0. The molecule has 28 heavy (non-hydrogen) atoms. The summed E-state index contributed by atoms with van der Waals surface area (Å²) >= 11 is 0. The number of likely N-dealkylation sites (tertiary alicyclic amines) is 1. The summed E-state index contributed by atoms with van der Waals surface area (Å²) in [6.45, 7) is 9.50. The van der Waals surface area contributed by atoms with Crippen LogP contribution in [0.2, 0.25) is 0 Å². The minimum Gasteiger partial charge on any atom is -0.444 e. The molecule has 0 unspecified atom stereocenters. The van der Waals surface area contributed by atoms with Gasteiger partial charge in [0.2, 0.25) is 0 Å². The second-order valence-corrected chi connectivity index (χ2v) is 8.19. The summed E-state index contributed by atoms with van der Waals surface area (Å²) in [6.07, 6.45) is 1.03. The van der Waals surface area contributed by atoms with E-state index < -0.39 is 11.3 Å². The number of Topliss-reactive ketones (excluding diaryl/α,β-unsaturated/α-hetero) is 1. The van der Waals surface area contributed by atoms with E-state index in [2.05, 4.69) is 5.59 Å². The van der Waals surface area contributed by atoms with Crippen LogP contribution in [0.3, 0.4) is 0 Å². The first-order valence-electron chi connectivity index (χ1n) is 9.62. The Morgan fingerprint density at radius 3 is 2.32 bits per heavy atom. The van der Waals surface area contributed by atoms with Crippen molar-refractivity contribution in [3.05, 3.63) is 29.8 Å². The number of piperidine rings is 1. The van der Waals surface area contributed by atoms with E-state index in [0.717, 1.165) is 0 Å². The van der Waals surface area contributed by atoms with E-state index in [1.165, 1.54) is 6.92 Å². The summed E-state index contributed by atoms with van der Waals surface area (Å²) in [5.41, 5.74) is 2.61. The molecule has 1 amide bonds. The monoisotopic (exact) mass is 391 g/mol. The maximum atomic E-state index is 12.3. The average Bonchev–Trinajstić information content (AvgIpc) is 3.01. The largest absolute Gasteiger partial charge is 0.444 e. The van der Waals surface area contributed by atoms with Gasteiger partial charge in [-0.2, -0.15) is 5.01 Å². The second-order valence-electron chi connectivity index (χ2n) is 8.19. The van der Waals surface area contributed by atoms with Gasteiger partial charge in [0.25, 0.3) is 0 Å². The van der Waals surface area contributed by atoms with Crippen molar-refractivity contribution in [3.8, 4) is 5.75 Å². The van der Waals surface area contributed by atoms with E-state index in [1.807, 2.05) is 25.8 Å². The topological polar surface area (TPSA) is 80.3 Å². The van der Waals surface area contributed by atoms with Crippen LogP contribution in [0.1, 0.15) is 50.9 Å². The number of carbonyl (C=O) groups is 2. The molecule has 2 saturated heterocycles. The molecular formula is C20H29N3O5. The number of nitrogens with zero attached hydrogens (tertiary/aromatic N) is 2.